The highest BCUT2D eigenvalue weighted by Gasteiger charge is 2.34. The van der Waals surface area contributed by atoms with E-state index in [0.717, 1.165) is 5.56 Å². The maximum atomic E-state index is 12.4. The van der Waals surface area contributed by atoms with Crippen molar-refractivity contribution in [1.82, 2.24) is 4.31 Å². The minimum atomic E-state index is -3.35. The smallest absolute Gasteiger partial charge is 0.219 e. The third-order valence-electron chi connectivity index (χ3n) is 2.69. The van der Waals surface area contributed by atoms with E-state index in [1.54, 1.807) is 20.8 Å². The summed E-state index contributed by atoms with van der Waals surface area (Å²) < 4.78 is 25.5. The van der Waals surface area contributed by atoms with Gasteiger partial charge in [-0.1, -0.05) is 30.3 Å². The molecule has 0 aliphatic rings. The predicted octanol–water partition coefficient (Wildman–Crippen LogP) is 1.58. The summed E-state index contributed by atoms with van der Waals surface area (Å²) in [5.74, 6) is 0. The summed E-state index contributed by atoms with van der Waals surface area (Å²) in [5, 5.41) is 0. The van der Waals surface area contributed by atoms with Gasteiger partial charge in [-0.15, -0.1) is 0 Å². The summed E-state index contributed by atoms with van der Waals surface area (Å²) >= 11 is 0. The average Bonchev–Trinajstić information content (AvgIpc) is 2.28. The summed E-state index contributed by atoms with van der Waals surface area (Å²) in [4.78, 5) is 0. The Morgan fingerprint density at radius 1 is 1.17 bits per heavy atom. The molecular formula is C13H22N2O2S. The van der Waals surface area contributed by atoms with Gasteiger partial charge in [0.25, 0.3) is 0 Å². The molecule has 0 saturated heterocycles. The molecule has 0 aromatic heterocycles. The number of nitrogens with zero attached hydrogens (tertiary/aromatic N) is 1. The minimum Gasteiger partial charge on any atom is -0.329 e. The fraction of sp³-hybridized carbons (Fsp3) is 0.538. The Morgan fingerprint density at radius 3 is 2.17 bits per heavy atom. The first-order valence-electron chi connectivity index (χ1n) is 6.02. The van der Waals surface area contributed by atoms with E-state index in [1.807, 2.05) is 30.3 Å². The van der Waals surface area contributed by atoms with Crippen molar-refractivity contribution in [2.75, 3.05) is 13.1 Å². The zero-order valence-electron chi connectivity index (χ0n) is 11.3. The van der Waals surface area contributed by atoms with Crippen molar-refractivity contribution in [2.24, 2.45) is 5.73 Å². The lowest BCUT2D eigenvalue weighted by atomic mass is 10.2. The normalized spacial score (nSPS) is 12.9. The Bertz CT molecular complexity index is 464. The second-order valence-electron chi connectivity index (χ2n) is 5.23. The van der Waals surface area contributed by atoms with E-state index in [1.165, 1.54) is 4.31 Å². The number of benzene rings is 1. The number of hydrogen-bond acceptors (Lipinski definition) is 3. The zero-order valence-corrected chi connectivity index (χ0v) is 12.1. The summed E-state index contributed by atoms with van der Waals surface area (Å²) in [7, 11) is -3.35. The van der Waals surface area contributed by atoms with Gasteiger partial charge >= 0.3 is 0 Å². The molecule has 0 radical (unpaired) electrons. The molecule has 1 aromatic carbocycles. The molecule has 2 N–H and O–H groups in total. The van der Waals surface area contributed by atoms with Crippen molar-refractivity contribution in [2.45, 2.75) is 32.1 Å². The van der Waals surface area contributed by atoms with Crippen molar-refractivity contribution in [3.8, 4) is 0 Å². The Hall–Kier alpha value is -0.910. The van der Waals surface area contributed by atoms with Crippen molar-refractivity contribution in [1.29, 1.82) is 0 Å². The van der Waals surface area contributed by atoms with Gasteiger partial charge < -0.3 is 5.73 Å². The van der Waals surface area contributed by atoms with Crippen LogP contribution in [0.2, 0.25) is 0 Å². The summed E-state index contributed by atoms with van der Waals surface area (Å²) in [6, 6.07) is 9.55. The topological polar surface area (TPSA) is 63.4 Å². The van der Waals surface area contributed by atoms with Gasteiger partial charge in [-0.3, -0.25) is 0 Å². The molecule has 0 amide bonds. The largest absolute Gasteiger partial charge is 0.329 e. The van der Waals surface area contributed by atoms with Crippen LogP contribution in [0.15, 0.2) is 30.3 Å². The van der Waals surface area contributed by atoms with Crippen LogP contribution in [0.3, 0.4) is 0 Å². The van der Waals surface area contributed by atoms with E-state index >= 15 is 0 Å². The molecule has 0 bridgehead atoms. The Balaban J connectivity index is 2.98. The predicted molar refractivity (Wildman–Crippen MR) is 74.6 cm³/mol. The van der Waals surface area contributed by atoms with Crippen LogP contribution in [0.5, 0.6) is 0 Å². The average molecular weight is 270 g/mol. The van der Waals surface area contributed by atoms with Crippen LogP contribution in [0.4, 0.5) is 0 Å². The van der Waals surface area contributed by atoms with Gasteiger partial charge in [0.05, 0.1) is 4.75 Å². The molecule has 0 spiro atoms. The highest BCUT2D eigenvalue weighted by Crippen LogP contribution is 2.21. The third kappa shape index (κ3) is 3.54. The van der Waals surface area contributed by atoms with Gasteiger partial charge in [0.2, 0.25) is 10.0 Å². The lowest BCUT2D eigenvalue weighted by Gasteiger charge is -2.29. The van der Waals surface area contributed by atoms with Gasteiger partial charge in [-0.2, -0.15) is 4.31 Å². The van der Waals surface area contributed by atoms with E-state index in [9.17, 15) is 8.42 Å². The Labute approximate surface area is 110 Å². The van der Waals surface area contributed by atoms with Crippen LogP contribution in [0.1, 0.15) is 26.3 Å². The van der Waals surface area contributed by atoms with E-state index < -0.39 is 14.8 Å². The molecule has 1 aromatic rings. The Morgan fingerprint density at radius 2 is 1.72 bits per heavy atom. The number of sulfonamides is 1. The van der Waals surface area contributed by atoms with Crippen LogP contribution < -0.4 is 5.73 Å². The molecule has 0 aliphatic carbocycles. The standard InChI is InChI=1S/C13H22N2O2S/c1-13(2,3)18(16,17)15(10-9-14)11-12-7-5-4-6-8-12/h4-8H,9-11,14H2,1-3H3. The fourth-order valence-electron chi connectivity index (χ4n) is 1.60. The zero-order chi connectivity index (χ0) is 13.8. The molecule has 18 heavy (non-hydrogen) atoms. The second kappa shape index (κ2) is 5.82. The van der Waals surface area contributed by atoms with Gasteiger partial charge in [0.15, 0.2) is 0 Å². The summed E-state index contributed by atoms with van der Waals surface area (Å²) in [5.41, 5.74) is 6.49. The molecule has 5 heteroatoms. The first kappa shape index (κ1) is 15.1. The maximum absolute atomic E-state index is 12.4. The van der Waals surface area contributed by atoms with Crippen LogP contribution >= 0.6 is 0 Å². The molecule has 102 valence electrons. The summed E-state index contributed by atoms with van der Waals surface area (Å²) in [6.45, 7) is 6.15. The lowest BCUT2D eigenvalue weighted by molar-refractivity contribution is 0.396. The first-order valence-corrected chi connectivity index (χ1v) is 7.47. The molecule has 0 saturated carbocycles. The number of hydrogen-bond donors (Lipinski definition) is 1. The molecule has 0 fully saturated rings. The van der Waals surface area contributed by atoms with E-state index in [4.69, 9.17) is 5.73 Å². The van der Waals surface area contributed by atoms with Gasteiger partial charge in [-0.05, 0) is 26.3 Å². The van der Waals surface area contributed by atoms with E-state index in [0.29, 0.717) is 19.6 Å². The van der Waals surface area contributed by atoms with Crippen LogP contribution in [-0.2, 0) is 16.6 Å². The van der Waals surface area contributed by atoms with Gasteiger partial charge in [-0.25, -0.2) is 8.42 Å². The van der Waals surface area contributed by atoms with Gasteiger partial charge in [0.1, 0.15) is 0 Å². The molecule has 0 heterocycles. The highest BCUT2D eigenvalue weighted by atomic mass is 32.2. The molecule has 0 unspecified atom stereocenters. The summed E-state index contributed by atoms with van der Waals surface area (Å²) in [6.07, 6.45) is 0. The quantitative estimate of drug-likeness (QED) is 0.883. The molecule has 4 nitrogen and oxygen atoms in total. The number of nitrogens with two attached hydrogens (primary N) is 1. The molecule has 1 rings (SSSR count). The van der Waals surface area contributed by atoms with Crippen LogP contribution in [0.25, 0.3) is 0 Å². The Kier molecular flexibility index (Phi) is 4.90. The SMILES string of the molecule is CC(C)(C)S(=O)(=O)N(CCN)Cc1ccccc1. The lowest BCUT2D eigenvalue weighted by Crippen LogP contribution is -2.44. The van der Waals surface area contributed by atoms with E-state index in [2.05, 4.69) is 0 Å². The van der Waals surface area contributed by atoms with Crippen molar-refractivity contribution in [3.63, 3.8) is 0 Å². The minimum absolute atomic E-state index is 0.322. The number of rotatable bonds is 5. The van der Waals surface area contributed by atoms with Crippen LogP contribution in [0, 0.1) is 0 Å². The van der Waals surface area contributed by atoms with Crippen molar-refractivity contribution in [3.05, 3.63) is 35.9 Å². The van der Waals surface area contributed by atoms with Crippen LogP contribution in [-0.4, -0.2) is 30.6 Å². The molecule has 0 atom stereocenters. The second-order valence-corrected chi connectivity index (χ2v) is 7.92. The first-order chi connectivity index (χ1) is 8.29. The highest BCUT2D eigenvalue weighted by molar-refractivity contribution is 7.90. The van der Waals surface area contributed by atoms with Crippen molar-refractivity contribution < 1.29 is 8.42 Å². The van der Waals surface area contributed by atoms with E-state index in [-0.39, 0.29) is 0 Å². The molecule has 0 aliphatic heterocycles. The monoisotopic (exact) mass is 270 g/mol. The van der Waals surface area contributed by atoms with Gasteiger partial charge in [0, 0.05) is 19.6 Å². The van der Waals surface area contributed by atoms with Crippen molar-refractivity contribution >= 4 is 10.0 Å². The third-order valence-corrected chi connectivity index (χ3v) is 5.23. The fourth-order valence-corrected chi connectivity index (χ4v) is 3.04. The maximum Gasteiger partial charge on any atom is 0.219 e. The molecular weight excluding hydrogens is 248 g/mol.